The Balaban J connectivity index is 1.28. The van der Waals surface area contributed by atoms with E-state index in [4.69, 9.17) is 0 Å². The molecule has 4 nitrogen and oxygen atoms in total. The maximum absolute atomic E-state index is 13.9. The van der Waals surface area contributed by atoms with Crippen LogP contribution in [0.15, 0.2) is 30.3 Å². The average Bonchev–Trinajstić information content (AvgIpc) is 3.35. The number of carbonyl (C=O) groups excluding carboxylic acids is 1. The Morgan fingerprint density at radius 1 is 1.32 bits per heavy atom. The Morgan fingerprint density at radius 2 is 2.14 bits per heavy atom. The normalized spacial score (nSPS) is 17.1. The summed E-state index contributed by atoms with van der Waals surface area (Å²) in [6.45, 7) is 1.10. The van der Waals surface area contributed by atoms with Crippen LogP contribution >= 0.6 is 11.3 Å². The molecular weight excluding hydrogens is 380 g/mol. The van der Waals surface area contributed by atoms with Crippen molar-refractivity contribution in [3.8, 4) is 0 Å². The molecule has 2 aromatic heterocycles. The number of nitrogens with one attached hydrogen (secondary N) is 1. The number of hydrogen-bond donors (Lipinski definition) is 1. The molecule has 28 heavy (non-hydrogen) atoms. The molecule has 0 spiro atoms. The van der Waals surface area contributed by atoms with Crippen molar-refractivity contribution in [1.82, 2.24) is 14.9 Å². The van der Waals surface area contributed by atoms with Crippen molar-refractivity contribution in [2.45, 2.75) is 44.6 Å². The van der Waals surface area contributed by atoms with Crippen LogP contribution in [0.1, 0.15) is 45.3 Å². The van der Waals surface area contributed by atoms with Gasteiger partial charge in [-0.1, -0.05) is 18.2 Å². The van der Waals surface area contributed by atoms with Crippen molar-refractivity contribution in [2.75, 3.05) is 6.54 Å². The molecule has 1 aromatic carbocycles. The van der Waals surface area contributed by atoms with Crippen molar-refractivity contribution in [3.05, 3.63) is 51.6 Å². The lowest BCUT2D eigenvalue weighted by atomic mass is 10.1. The van der Waals surface area contributed by atoms with E-state index in [0.29, 0.717) is 44.5 Å². The minimum Gasteiger partial charge on any atom is -0.351 e. The topological polar surface area (TPSA) is 49.0 Å². The Bertz CT molecular complexity index is 1000. The third kappa shape index (κ3) is 3.32. The van der Waals surface area contributed by atoms with Crippen molar-refractivity contribution in [2.24, 2.45) is 5.92 Å². The third-order valence-corrected chi connectivity index (χ3v) is 6.81. The second-order valence-electron chi connectivity index (χ2n) is 7.76. The maximum atomic E-state index is 13.9. The zero-order chi connectivity index (χ0) is 19.3. The fourth-order valence-electron chi connectivity index (χ4n) is 3.87. The first kappa shape index (κ1) is 17.8. The van der Waals surface area contributed by atoms with Crippen LogP contribution in [0.4, 0.5) is 8.78 Å². The molecule has 2 aliphatic rings. The molecule has 1 amide bonds. The summed E-state index contributed by atoms with van der Waals surface area (Å²) in [5.74, 6) is -3.02. The number of aromatic nitrogens is 2. The van der Waals surface area contributed by atoms with E-state index in [9.17, 15) is 13.6 Å². The van der Waals surface area contributed by atoms with Gasteiger partial charge in [-0.2, -0.15) is 0 Å². The number of carbonyl (C=O) groups is 1. The van der Waals surface area contributed by atoms with Gasteiger partial charge in [0.2, 0.25) is 0 Å². The fourth-order valence-corrected chi connectivity index (χ4v) is 5.00. The number of benzene rings is 1. The van der Waals surface area contributed by atoms with Gasteiger partial charge in [-0.15, -0.1) is 11.3 Å². The largest absolute Gasteiger partial charge is 0.351 e. The van der Waals surface area contributed by atoms with Crippen molar-refractivity contribution < 1.29 is 13.6 Å². The number of alkyl halides is 2. The molecule has 1 aliphatic heterocycles. The third-order valence-electron chi connectivity index (χ3n) is 5.67. The molecule has 0 radical (unpaired) electrons. The van der Waals surface area contributed by atoms with Crippen LogP contribution in [0.25, 0.3) is 10.9 Å². The number of amides is 1. The minimum absolute atomic E-state index is 0.0305. The number of hydrogen-bond acceptors (Lipinski definition) is 3. The highest BCUT2D eigenvalue weighted by molar-refractivity contribution is 7.11. The van der Waals surface area contributed by atoms with E-state index < -0.39 is 11.8 Å². The highest BCUT2D eigenvalue weighted by Crippen LogP contribution is 2.45. The lowest BCUT2D eigenvalue weighted by Gasteiger charge is -2.25. The second kappa shape index (κ2) is 6.65. The number of halogens is 2. The smallest absolute Gasteiger partial charge is 0.270 e. The highest BCUT2D eigenvalue weighted by Gasteiger charge is 2.46. The molecule has 146 valence electrons. The predicted molar refractivity (Wildman–Crippen MR) is 105 cm³/mol. The van der Waals surface area contributed by atoms with Gasteiger partial charge in [-0.25, -0.2) is 13.8 Å². The zero-order valence-electron chi connectivity index (χ0n) is 15.4. The maximum Gasteiger partial charge on any atom is 0.270 e. The molecular formula is C21H21F2N3OS. The van der Waals surface area contributed by atoms with Crippen LogP contribution in [0.3, 0.4) is 0 Å². The van der Waals surface area contributed by atoms with Gasteiger partial charge in [0.1, 0.15) is 5.69 Å². The molecule has 0 bridgehead atoms. The summed E-state index contributed by atoms with van der Waals surface area (Å²) in [7, 11) is 0. The first-order valence-corrected chi connectivity index (χ1v) is 10.5. The number of aryl methyl sites for hydroxylation is 1. The van der Waals surface area contributed by atoms with E-state index in [1.54, 1.807) is 0 Å². The average molecular weight is 401 g/mol. The molecule has 3 heterocycles. The number of thiazole rings is 1. The van der Waals surface area contributed by atoms with E-state index in [1.807, 2.05) is 35.2 Å². The number of H-pyrrole nitrogens is 1. The van der Waals surface area contributed by atoms with Crippen molar-refractivity contribution >= 4 is 28.1 Å². The number of nitrogens with zero attached hydrogens (tertiary/aromatic N) is 2. The first-order valence-electron chi connectivity index (χ1n) is 9.72. The van der Waals surface area contributed by atoms with Crippen LogP contribution in [-0.4, -0.2) is 33.2 Å². The van der Waals surface area contributed by atoms with Crippen LogP contribution < -0.4 is 0 Å². The Labute approximate surface area is 165 Å². The Kier molecular flexibility index (Phi) is 4.23. The molecule has 1 saturated carbocycles. The van der Waals surface area contributed by atoms with Gasteiger partial charge in [0.05, 0.1) is 17.2 Å². The van der Waals surface area contributed by atoms with Crippen LogP contribution in [0.2, 0.25) is 0 Å². The predicted octanol–water partition coefficient (Wildman–Crippen LogP) is 4.80. The first-order chi connectivity index (χ1) is 13.5. The van der Waals surface area contributed by atoms with Gasteiger partial charge < -0.3 is 9.88 Å². The number of aromatic amines is 1. The van der Waals surface area contributed by atoms with E-state index in [2.05, 4.69) is 9.97 Å². The summed E-state index contributed by atoms with van der Waals surface area (Å²) in [5.41, 5.74) is 2.49. The van der Waals surface area contributed by atoms with Gasteiger partial charge in [0.25, 0.3) is 11.8 Å². The van der Waals surface area contributed by atoms with E-state index in [1.165, 1.54) is 11.3 Å². The van der Waals surface area contributed by atoms with E-state index in [-0.39, 0.29) is 12.3 Å². The number of rotatable bonds is 5. The molecule has 0 unspecified atom stereocenters. The lowest BCUT2D eigenvalue weighted by Crippen LogP contribution is -2.35. The van der Waals surface area contributed by atoms with Gasteiger partial charge in [0.15, 0.2) is 0 Å². The molecule has 7 heteroatoms. The summed E-state index contributed by atoms with van der Waals surface area (Å²) in [4.78, 5) is 23.5. The van der Waals surface area contributed by atoms with Gasteiger partial charge in [-0.3, -0.25) is 4.79 Å². The summed E-state index contributed by atoms with van der Waals surface area (Å²) >= 11 is 1.48. The SMILES string of the molecule is O=C(c1cc2ccccc2[nH]1)N1CCc2nc(CCC(F)(F)C3CC3)sc2C1. The molecule has 1 N–H and O–H groups in total. The monoisotopic (exact) mass is 401 g/mol. The minimum atomic E-state index is -2.57. The van der Waals surface area contributed by atoms with Crippen LogP contribution in [0.5, 0.6) is 0 Å². The summed E-state index contributed by atoms with van der Waals surface area (Å²) in [6, 6.07) is 9.69. The van der Waals surface area contributed by atoms with Crippen molar-refractivity contribution in [1.29, 1.82) is 0 Å². The fraction of sp³-hybridized carbons (Fsp3) is 0.429. The van der Waals surface area contributed by atoms with Gasteiger partial charge in [0, 0.05) is 47.5 Å². The van der Waals surface area contributed by atoms with E-state index >= 15 is 0 Å². The molecule has 0 atom stereocenters. The van der Waals surface area contributed by atoms with Gasteiger partial charge in [-0.05, 0) is 25.0 Å². The van der Waals surface area contributed by atoms with E-state index in [0.717, 1.165) is 26.5 Å². The molecule has 1 fully saturated rings. The lowest BCUT2D eigenvalue weighted by molar-refractivity contribution is -0.0301. The van der Waals surface area contributed by atoms with Crippen LogP contribution in [0, 0.1) is 5.92 Å². The van der Waals surface area contributed by atoms with Crippen molar-refractivity contribution in [3.63, 3.8) is 0 Å². The van der Waals surface area contributed by atoms with Crippen LogP contribution in [-0.2, 0) is 19.4 Å². The molecule has 5 rings (SSSR count). The standard InChI is InChI=1S/C21H21F2N3OS/c22-21(23,14-5-6-14)9-7-19-25-16-8-10-26(12-18(16)28-19)20(27)17-11-13-3-1-2-4-15(13)24-17/h1-4,11,14,24H,5-10,12H2. The molecule has 1 aliphatic carbocycles. The van der Waals surface area contributed by atoms with Gasteiger partial charge >= 0.3 is 0 Å². The number of fused-ring (bicyclic) bond motifs is 2. The zero-order valence-corrected chi connectivity index (χ0v) is 16.2. The Hall–Kier alpha value is -2.28. The Morgan fingerprint density at radius 3 is 2.93 bits per heavy atom. The number of para-hydroxylation sites is 1. The molecule has 0 saturated heterocycles. The molecule has 3 aromatic rings. The summed E-state index contributed by atoms with van der Waals surface area (Å²) < 4.78 is 27.9. The second-order valence-corrected chi connectivity index (χ2v) is 8.93. The summed E-state index contributed by atoms with van der Waals surface area (Å²) in [5, 5.41) is 1.78. The quantitative estimate of drug-likeness (QED) is 0.668. The summed E-state index contributed by atoms with van der Waals surface area (Å²) in [6.07, 6.45) is 2.16. The highest BCUT2D eigenvalue weighted by atomic mass is 32.1.